The van der Waals surface area contributed by atoms with Gasteiger partial charge in [0.05, 0.1) is 10.5 Å². The number of hydrazone groups is 1. The van der Waals surface area contributed by atoms with Gasteiger partial charge in [-0.25, -0.2) is 0 Å². The molecule has 2 aliphatic heterocycles. The van der Waals surface area contributed by atoms with E-state index in [1.807, 2.05) is 72.1 Å². The highest BCUT2D eigenvalue weighted by molar-refractivity contribution is 8.27. The lowest BCUT2D eigenvalue weighted by molar-refractivity contribution is -0.114. The number of thiophene rings is 1. The van der Waals surface area contributed by atoms with Gasteiger partial charge in [-0.2, -0.15) is 15.1 Å². The van der Waals surface area contributed by atoms with Gasteiger partial charge in [-0.1, -0.05) is 42.5 Å². The Morgan fingerprint density at radius 3 is 2.61 bits per heavy atom. The minimum Gasteiger partial charge on any atom is -0.490 e. The minimum atomic E-state index is -0.449. The van der Waals surface area contributed by atoms with E-state index >= 15 is 0 Å². The van der Waals surface area contributed by atoms with Crippen LogP contribution in [-0.4, -0.2) is 40.2 Å². The molecule has 0 spiro atoms. The maximum atomic E-state index is 12.6. The van der Waals surface area contributed by atoms with Gasteiger partial charge in [-0.15, -0.1) is 17.9 Å². The number of hydrogen-bond donors (Lipinski definition) is 1. The number of carbonyl (C=O) groups is 1. The second-order valence-electron chi connectivity index (χ2n) is 7.77. The molecule has 0 bridgehead atoms. The van der Waals surface area contributed by atoms with Crippen LogP contribution in [0.1, 0.15) is 16.0 Å². The number of thioether (sulfide) groups is 1. The van der Waals surface area contributed by atoms with E-state index in [4.69, 9.17) is 14.9 Å². The summed E-state index contributed by atoms with van der Waals surface area (Å²) in [5, 5.41) is 17.5. The first-order valence-electron chi connectivity index (χ1n) is 11.2. The number of fused-ring (bicyclic) bond motifs is 1. The van der Waals surface area contributed by atoms with Crippen LogP contribution in [0.25, 0.3) is 6.08 Å². The monoisotopic (exact) mass is 514 g/mol. The highest BCUT2D eigenvalue weighted by atomic mass is 32.2. The smallest absolute Gasteiger partial charge is 0.283 e. The van der Waals surface area contributed by atoms with E-state index in [-0.39, 0.29) is 11.4 Å². The molecule has 5 rings (SSSR count). The topological polar surface area (TPSA) is 87.3 Å². The quantitative estimate of drug-likeness (QED) is 0.228. The summed E-state index contributed by atoms with van der Waals surface area (Å²) in [5.41, 5.74) is 2.04. The van der Waals surface area contributed by atoms with Crippen molar-refractivity contribution >= 4 is 51.1 Å². The van der Waals surface area contributed by atoms with Crippen LogP contribution in [0.2, 0.25) is 0 Å². The van der Waals surface area contributed by atoms with Crippen molar-refractivity contribution < 1.29 is 14.3 Å². The summed E-state index contributed by atoms with van der Waals surface area (Å²) in [6, 6.07) is 19.1. The summed E-state index contributed by atoms with van der Waals surface area (Å²) in [4.78, 5) is 17.8. The molecule has 0 saturated heterocycles. The van der Waals surface area contributed by atoms with Crippen LogP contribution in [0, 0.1) is 5.41 Å². The van der Waals surface area contributed by atoms with E-state index in [1.165, 1.54) is 16.8 Å². The van der Waals surface area contributed by atoms with Crippen molar-refractivity contribution in [1.82, 2.24) is 5.01 Å². The van der Waals surface area contributed by atoms with E-state index in [0.29, 0.717) is 24.1 Å². The van der Waals surface area contributed by atoms with Crippen molar-refractivity contribution in [2.24, 2.45) is 10.1 Å². The number of ether oxygens (including phenoxy) is 2. The number of nitrogens with one attached hydrogen (secondary N) is 1. The van der Waals surface area contributed by atoms with Gasteiger partial charge in [-0.05, 0) is 65.0 Å². The predicted molar refractivity (Wildman–Crippen MR) is 146 cm³/mol. The van der Waals surface area contributed by atoms with Crippen LogP contribution >= 0.6 is 23.1 Å². The van der Waals surface area contributed by atoms with Gasteiger partial charge in [0.2, 0.25) is 5.17 Å². The highest BCUT2D eigenvalue weighted by Crippen LogP contribution is 2.32. The zero-order valence-electron chi connectivity index (χ0n) is 19.2. The third-order valence-corrected chi connectivity index (χ3v) is 7.27. The van der Waals surface area contributed by atoms with Gasteiger partial charge in [0.1, 0.15) is 29.8 Å². The average Bonchev–Trinajstić information content (AvgIpc) is 3.57. The Bertz CT molecular complexity index is 1390. The van der Waals surface area contributed by atoms with Crippen molar-refractivity contribution in [3.63, 3.8) is 0 Å². The number of para-hydroxylation sites is 1. The second-order valence-corrected chi connectivity index (χ2v) is 9.67. The number of carbonyl (C=O) groups excluding carboxylic acids is 1. The number of benzene rings is 2. The molecule has 0 aliphatic carbocycles. The molecule has 9 heteroatoms. The molecule has 0 fully saturated rings. The summed E-state index contributed by atoms with van der Waals surface area (Å²) in [5.74, 6) is 1.08. The molecular weight excluding hydrogens is 492 g/mol. The molecule has 0 saturated carbocycles. The van der Waals surface area contributed by atoms with E-state index < -0.39 is 5.91 Å². The third kappa shape index (κ3) is 5.17. The van der Waals surface area contributed by atoms with Gasteiger partial charge in [0, 0.05) is 0 Å². The molecule has 1 aromatic heterocycles. The van der Waals surface area contributed by atoms with E-state index in [2.05, 4.69) is 16.7 Å². The van der Waals surface area contributed by atoms with E-state index in [9.17, 15) is 4.79 Å². The maximum Gasteiger partial charge on any atom is 0.283 e. The summed E-state index contributed by atoms with van der Waals surface area (Å²) in [6.07, 6.45) is 4.25. The molecule has 0 radical (unpaired) electrons. The molecule has 1 amide bonds. The third-order valence-electron chi connectivity index (χ3n) is 5.32. The van der Waals surface area contributed by atoms with Crippen LogP contribution in [0.3, 0.4) is 0 Å². The molecule has 0 unspecified atom stereocenters. The summed E-state index contributed by atoms with van der Waals surface area (Å²) >= 11 is 2.85. The largest absolute Gasteiger partial charge is 0.490 e. The lowest BCUT2D eigenvalue weighted by Gasteiger charge is -2.20. The molecule has 7 nitrogen and oxygen atoms in total. The average molecular weight is 515 g/mol. The normalized spacial score (nSPS) is 16.0. The van der Waals surface area contributed by atoms with Crippen molar-refractivity contribution in [1.29, 1.82) is 5.41 Å². The van der Waals surface area contributed by atoms with Crippen molar-refractivity contribution in [3.8, 4) is 11.5 Å². The van der Waals surface area contributed by atoms with Gasteiger partial charge in [0.25, 0.3) is 5.91 Å². The summed E-state index contributed by atoms with van der Waals surface area (Å²) < 4.78 is 11.6. The highest BCUT2D eigenvalue weighted by Gasteiger charge is 2.36. The number of rotatable bonds is 9. The Morgan fingerprint density at radius 1 is 1.03 bits per heavy atom. The number of amidine groups is 2. The fraction of sp³-hybridized carbons (Fsp3) is 0.111. The lowest BCUT2D eigenvalue weighted by atomic mass is 10.1. The second kappa shape index (κ2) is 10.8. The Morgan fingerprint density at radius 2 is 1.83 bits per heavy atom. The maximum absolute atomic E-state index is 12.6. The van der Waals surface area contributed by atoms with Crippen LogP contribution in [0.15, 0.2) is 94.4 Å². The number of nitrogens with zero attached hydrogens (tertiary/aromatic N) is 3. The van der Waals surface area contributed by atoms with Gasteiger partial charge in [-0.3, -0.25) is 10.2 Å². The van der Waals surface area contributed by atoms with Crippen LogP contribution in [-0.2, 0) is 11.2 Å². The molecule has 1 N–H and O–H groups in total. The zero-order valence-corrected chi connectivity index (χ0v) is 20.8. The summed E-state index contributed by atoms with van der Waals surface area (Å²) in [7, 11) is 0. The molecule has 3 aromatic rings. The molecule has 0 atom stereocenters. The number of allylic oxidation sites excluding steroid dienone is 1. The van der Waals surface area contributed by atoms with Crippen molar-refractivity contribution in [2.75, 3.05) is 13.2 Å². The molecule has 2 aromatic carbocycles. The number of hydrogen-bond acceptors (Lipinski definition) is 7. The van der Waals surface area contributed by atoms with Crippen LogP contribution in [0.5, 0.6) is 11.5 Å². The Kier molecular flexibility index (Phi) is 7.11. The van der Waals surface area contributed by atoms with E-state index in [0.717, 1.165) is 33.2 Å². The lowest BCUT2D eigenvalue weighted by Crippen LogP contribution is -2.35. The first-order chi connectivity index (χ1) is 17.6. The first-order valence-corrected chi connectivity index (χ1v) is 12.9. The van der Waals surface area contributed by atoms with Gasteiger partial charge < -0.3 is 9.47 Å². The minimum absolute atomic E-state index is 0.0123. The standard InChI is InChI=1S/C27H22N4O3S2/c1-2-6-19-7-3-4-8-22(19)34-15-14-33-20-12-10-18(11-13-20)17-21-24(28)31-27(29-25(21)32)36-26(30-31)23-9-5-16-35-23/h2-5,7-13,16-17,28H,1,6,14-15H2/b21-17+,28-24?. The predicted octanol–water partition coefficient (Wildman–Crippen LogP) is 5.60. The fourth-order valence-corrected chi connectivity index (χ4v) is 5.28. The van der Waals surface area contributed by atoms with Crippen molar-refractivity contribution in [2.45, 2.75) is 6.42 Å². The Balaban J connectivity index is 1.20. The molecule has 2 aliphatic rings. The molecule has 180 valence electrons. The van der Waals surface area contributed by atoms with Gasteiger partial charge >= 0.3 is 0 Å². The molecule has 36 heavy (non-hydrogen) atoms. The SMILES string of the molecule is C=CCc1ccccc1OCCOc1ccc(/C=C2\C(=N)N3N=C(c4cccs4)SC3=NC2=O)cc1. The first kappa shape index (κ1) is 23.8. The van der Waals surface area contributed by atoms with Crippen molar-refractivity contribution in [3.05, 3.63) is 100 Å². The number of amides is 1. The van der Waals surface area contributed by atoms with Crippen LogP contribution in [0.4, 0.5) is 0 Å². The number of aliphatic imine (C=N–C) groups is 1. The van der Waals surface area contributed by atoms with Gasteiger partial charge in [0.15, 0.2) is 5.84 Å². The Hall–Kier alpha value is -3.95. The molecular formula is C27H22N4O3S2. The summed E-state index contributed by atoms with van der Waals surface area (Å²) in [6.45, 7) is 4.58. The van der Waals surface area contributed by atoms with Crippen LogP contribution < -0.4 is 9.47 Å². The Labute approximate surface area is 217 Å². The zero-order chi connectivity index (χ0) is 24.9. The van der Waals surface area contributed by atoms with E-state index in [1.54, 1.807) is 17.4 Å². The molecule has 3 heterocycles. The fourth-order valence-electron chi connectivity index (χ4n) is 3.60.